The van der Waals surface area contributed by atoms with Gasteiger partial charge >= 0.3 is 0 Å². The molecule has 21 heavy (non-hydrogen) atoms. The molecule has 0 fully saturated rings. The summed E-state index contributed by atoms with van der Waals surface area (Å²) in [5, 5.41) is 3.98. The summed E-state index contributed by atoms with van der Waals surface area (Å²) in [7, 11) is 0. The summed E-state index contributed by atoms with van der Waals surface area (Å²) >= 11 is 1.42. The number of hydrogen-bond donors (Lipinski definition) is 3. The number of H-pyrrole nitrogens is 1. The van der Waals surface area contributed by atoms with E-state index in [2.05, 4.69) is 35.2 Å². The van der Waals surface area contributed by atoms with Gasteiger partial charge in [0.2, 0.25) is 0 Å². The van der Waals surface area contributed by atoms with E-state index in [4.69, 9.17) is 5.73 Å². The number of rotatable bonds is 6. The predicted molar refractivity (Wildman–Crippen MR) is 86.5 cm³/mol. The van der Waals surface area contributed by atoms with E-state index in [1.165, 1.54) is 23.4 Å². The van der Waals surface area contributed by atoms with E-state index in [-0.39, 0.29) is 17.4 Å². The van der Waals surface area contributed by atoms with E-state index < -0.39 is 0 Å². The SMILES string of the molecule is CCCNC(C)c1ccccc1Sc1nc(N)cc(=O)[nH]1. The fourth-order valence-electron chi connectivity index (χ4n) is 2.01. The molecule has 0 aliphatic heterocycles. The maximum Gasteiger partial charge on any atom is 0.253 e. The second-order valence-electron chi connectivity index (χ2n) is 4.79. The maximum atomic E-state index is 11.5. The second kappa shape index (κ2) is 7.28. The summed E-state index contributed by atoms with van der Waals surface area (Å²) in [6, 6.07) is 9.61. The van der Waals surface area contributed by atoms with Crippen LogP contribution in [0.4, 0.5) is 5.82 Å². The average Bonchev–Trinajstić information content (AvgIpc) is 2.44. The minimum absolute atomic E-state index is 0.232. The topological polar surface area (TPSA) is 83.8 Å². The summed E-state index contributed by atoms with van der Waals surface area (Å²) < 4.78 is 0. The van der Waals surface area contributed by atoms with Crippen molar-refractivity contribution in [2.75, 3.05) is 12.3 Å². The van der Waals surface area contributed by atoms with Crippen LogP contribution in [0.5, 0.6) is 0 Å². The zero-order valence-corrected chi connectivity index (χ0v) is 13.0. The van der Waals surface area contributed by atoms with Crippen LogP contribution in [0.3, 0.4) is 0 Å². The second-order valence-corrected chi connectivity index (χ2v) is 5.82. The van der Waals surface area contributed by atoms with Gasteiger partial charge in [0.25, 0.3) is 5.56 Å². The Hall–Kier alpha value is -1.79. The van der Waals surface area contributed by atoms with E-state index >= 15 is 0 Å². The van der Waals surface area contributed by atoms with Gasteiger partial charge in [0.15, 0.2) is 5.16 Å². The van der Waals surface area contributed by atoms with E-state index in [1.807, 2.05) is 18.2 Å². The Balaban J connectivity index is 2.25. The van der Waals surface area contributed by atoms with Crippen LogP contribution in [-0.4, -0.2) is 16.5 Å². The van der Waals surface area contributed by atoms with Crippen molar-refractivity contribution >= 4 is 17.6 Å². The molecule has 0 aliphatic rings. The van der Waals surface area contributed by atoms with Crippen LogP contribution in [0.15, 0.2) is 45.2 Å². The lowest BCUT2D eigenvalue weighted by Crippen LogP contribution is -2.19. The van der Waals surface area contributed by atoms with Crippen LogP contribution in [0.1, 0.15) is 31.9 Å². The molecule has 1 aromatic heterocycles. The predicted octanol–water partition coefficient (Wildman–Crippen LogP) is 2.56. The molecule has 0 saturated heterocycles. The van der Waals surface area contributed by atoms with Gasteiger partial charge in [-0.25, -0.2) is 4.98 Å². The fraction of sp³-hybridized carbons (Fsp3) is 0.333. The lowest BCUT2D eigenvalue weighted by Gasteiger charge is -2.17. The quantitative estimate of drug-likeness (QED) is 0.714. The van der Waals surface area contributed by atoms with Gasteiger partial charge in [-0.15, -0.1) is 0 Å². The molecule has 1 aromatic carbocycles. The van der Waals surface area contributed by atoms with Crippen LogP contribution in [0.2, 0.25) is 0 Å². The number of aromatic nitrogens is 2. The van der Waals surface area contributed by atoms with E-state index in [9.17, 15) is 4.79 Å². The molecule has 0 aliphatic carbocycles. The van der Waals surface area contributed by atoms with Crippen LogP contribution in [0, 0.1) is 0 Å². The zero-order chi connectivity index (χ0) is 15.2. The summed E-state index contributed by atoms with van der Waals surface area (Å²) in [6.45, 7) is 5.24. The number of nitrogen functional groups attached to an aromatic ring is 1. The minimum atomic E-state index is -0.236. The molecule has 0 amide bonds. The van der Waals surface area contributed by atoms with Gasteiger partial charge in [0.1, 0.15) is 5.82 Å². The molecule has 5 nitrogen and oxygen atoms in total. The Morgan fingerprint density at radius 1 is 1.43 bits per heavy atom. The lowest BCUT2D eigenvalue weighted by atomic mass is 10.1. The highest BCUT2D eigenvalue weighted by Crippen LogP contribution is 2.31. The number of nitrogens with one attached hydrogen (secondary N) is 2. The van der Waals surface area contributed by atoms with Crippen molar-refractivity contribution in [1.82, 2.24) is 15.3 Å². The van der Waals surface area contributed by atoms with Crippen molar-refractivity contribution in [3.8, 4) is 0 Å². The van der Waals surface area contributed by atoms with Crippen molar-refractivity contribution in [2.45, 2.75) is 36.4 Å². The van der Waals surface area contributed by atoms with Gasteiger partial charge in [-0.3, -0.25) is 4.79 Å². The number of benzene rings is 1. The summed E-state index contributed by atoms with van der Waals surface area (Å²) in [4.78, 5) is 19.4. The molecule has 0 bridgehead atoms. The van der Waals surface area contributed by atoms with E-state index in [1.54, 1.807) is 0 Å². The molecule has 112 valence electrons. The van der Waals surface area contributed by atoms with Gasteiger partial charge < -0.3 is 16.0 Å². The maximum absolute atomic E-state index is 11.5. The molecule has 1 unspecified atom stereocenters. The van der Waals surface area contributed by atoms with E-state index in [0.717, 1.165) is 17.9 Å². The number of anilines is 1. The number of nitrogens with two attached hydrogens (primary N) is 1. The van der Waals surface area contributed by atoms with Gasteiger partial charge in [-0.2, -0.15) is 0 Å². The molecule has 0 radical (unpaired) electrons. The van der Waals surface area contributed by atoms with Crippen molar-refractivity contribution < 1.29 is 0 Å². The molecular weight excluding hydrogens is 284 g/mol. The standard InChI is InChI=1S/C15H20N4OS/c1-3-8-17-10(2)11-6-4-5-7-12(11)21-15-18-13(16)9-14(20)19-15/h4-7,9-10,17H,3,8H2,1-2H3,(H3,16,18,19,20). The number of aromatic amines is 1. The Kier molecular flexibility index (Phi) is 5.41. The molecule has 0 spiro atoms. The molecule has 1 heterocycles. The fourth-order valence-corrected chi connectivity index (χ4v) is 3.03. The van der Waals surface area contributed by atoms with E-state index in [0.29, 0.717) is 5.16 Å². The molecule has 2 rings (SSSR count). The van der Waals surface area contributed by atoms with Crippen LogP contribution in [-0.2, 0) is 0 Å². The van der Waals surface area contributed by atoms with Crippen molar-refractivity contribution in [2.24, 2.45) is 0 Å². The Labute approximate surface area is 128 Å². The highest BCUT2D eigenvalue weighted by atomic mass is 32.2. The molecule has 0 saturated carbocycles. The molecule has 1 atom stereocenters. The first-order valence-corrected chi connectivity index (χ1v) is 7.78. The van der Waals surface area contributed by atoms with Gasteiger partial charge in [0, 0.05) is 17.0 Å². The number of nitrogens with zero attached hydrogens (tertiary/aromatic N) is 1. The first-order valence-electron chi connectivity index (χ1n) is 6.97. The first-order chi connectivity index (χ1) is 10.1. The summed E-state index contributed by atoms with van der Waals surface area (Å²) in [5.41, 5.74) is 6.56. The van der Waals surface area contributed by atoms with Crippen LogP contribution in [0.25, 0.3) is 0 Å². The van der Waals surface area contributed by atoms with Crippen LogP contribution < -0.4 is 16.6 Å². The molecule has 4 N–H and O–H groups in total. The van der Waals surface area contributed by atoms with Gasteiger partial charge in [-0.05, 0) is 31.5 Å². The van der Waals surface area contributed by atoms with Crippen molar-refractivity contribution in [3.05, 3.63) is 46.2 Å². The number of hydrogen-bond acceptors (Lipinski definition) is 5. The van der Waals surface area contributed by atoms with Gasteiger partial charge in [-0.1, -0.05) is 36.9 Å². The van der Waals surface area contributed by atoms with Gasteiger partial charge in [0.05, 0.1) is 0 Å². The van der Waals surface area contributed by atoms with Crippen LogP contribution >= 0.6 is 11.8 Å². The largest absolute Gasteiger partial charge is 0.383 e. The summed E-state index contributed by atoms with van der Waals surface area (Å²) in [5.74, 6) is 0.232. The highest BCUT2D eigenvalue weighted by molar-refractivity contribution is 7.99. The normalized spacial score (nSPS) is 12.3. The smallest absolute Gasteiger partial charge is 0.253 e. The van der Waals surface area contributed by atoms with Crippen molar-refractivity contribution in [1.29, 1.82) is 0 Å². The zero-order valence-electron chi connectivity index (χ0n) is 12.2. The summed E-state index contributed by atoms with van der Waals surface area (Å²) in [6.07, 6.45) is 1.09. The Morgan fingerprint density at radius 2 is 2.19 bits per heavy atom. The third kappa shape index (κ3) is 4.34. The Bertz CT molecular complexity index is 656. The Morgan fingerprint density at radius 3 is 2.90 bits per heavy atom. The van der Waals surface area contributed by atoms with Crippen molar-refractivity contribution in [3.63, 3.8) is 0 Å². The average molecular weight is 304 g/mol. The molecular formula is C15H20N4OS. The molecule has 6 heteroatoms. The third-order valence-electron chi connectivity index (χ3n) is 3.03. The minimum Gasteiger partial charge on any atom is -0.383 e. The molecule has 2 aromatic rings. The lowest BCUT2D eigenvalue weighted by molar-refractivity contribution is 0.564. The third-order valence-corrected chi connectivity index (χ3v) is 4.01. The first kappa shape index (κ1) is 15.6. The highest BCUT2D eigenvalue weighted by Gasteiger charge is 2.11. The monoisotopic (exact) mass is 304 g/mol.